The van der Waals surface area contributed by atoms with Gasteiger partial charge >= 0.3 is 5.97 Å². The summed E-state index contributed by atoms with van der Waals surface area (Å²) < 4.78 is 0. The van der Waals surface area contributed by atoms with E-state index < -0.39 is 47.9 Å². The molecule has 5 rings (SSSR count). The van der Waals surface area contributed by atoms with E-state index in [4.69, 9.17) is 5.73 Å². The van der Waals surface area contributed by atoms with Crippen LogP contribution in [-0.2, 0) is 44.9 Å². The molecule has 0 saturated carbocycles. The van der Waals surface area contributed by atoms with Crippen molar-refractivity contribution in [3.05, 3.63) is 102 Å². The van der Waals surface area contributed by atoms with Crippen LogP contribution in [0.2, 0.25) is 0 Å². The number of carboxylic acid groups (broad SMARTS) is 1. The number of nitrogens with zero attached hydrogens (tertiary/aromatic N) is 2. The van der Waals surface area contributed by atoms with Gasteiger partial charge in [-0.15, -0.1) is 0 Å². The summed E-state index contributed by atoms with van der Waals surface area (Å²) in [5, 5.41) is 28.5. The molecular formula is C32H35N9O6. The number of rotatable bonds is 15. The van der Waals surface area contributed by atoms with Crippen molar-refractivity contribution < 1.29 is 29.4 Å². The van der Waals surface area contributed by atoms with Crippen LogP contribution in [0.25, 0.3) is 10.9 Å². The summed E-state index contributed by atoms with van der Waals surface area (Å²) in [6, 6.07) is 8.75. The number of aromatic hydroxyl groups is 1. The number of amides is 3. The molecule has 4 unspecified atom stereocenters. The van der Waals surface area contributed by atoms with Crippen molar-refractivity contribution in [1.82, 2.24) is 40.9 Å². The van der Waals surface area contributed by atoms with E-state index in [2.05, 4.69) is 40.9 Å². The summed E-state index contributed by atoms with van der Waals surface area (Å²) in [4.78, 5) is 69.6. The molecule has 0 aliphatic rings. The number of aromatic nitrogens is 5. The molecule has 4 atom stereocenters. The maximum atomic E-state index is 13.8. The highest BCUT2D eigenvalue weighted by molar-refractivity contribution is 5.94. The number of benzene rings is 2. The molecule has 0 radical (unpaired) electrons. The number of aromatic amines is 3. The van der Waals surface area contributed by atoms with Gasteiger partial charge in [0.2, 0.25) is 17.7 Å². The number of para-hydroxylation sites is 1. The van der Waals surface area contributed by atoms with Crippen molar-refractivity contribution in [2.24, 2.45) is 5.73 Å². The highest BCUT2D eigenvalue weighted by Gasteiger charge is 2.31. The zero-order chi connectivity index (χ0) is 33.3. The van der Waals surface area contributed by atoms with Crippen LogP contribution < -0.4 is 21.7 Å². The average Bonchev–Trinajstić information content (AvgIpc) is 3.84. The van der Waals surface area contributed by atoms with E-state index in [0.717, 1.165) is 10.9 Å². The Labute approximate surface area is 268 Å². The number of phenolic OH excluding ortho intramolecular Hbond substituents is 1. The number of carboxylic acids is 1. The molecule has 0 aliphatic heterocycles. The van der Waals surface area contributed by atoms with Crippen LogP contribution >= 0.6 is 0 Å². The third-order valence-electron chi connectivity index (χ3n) is 7.67. The first-order valence-corrected chi connectivity index (χ1v) is 14.8. The van der Waals surface area contributed by atoms with Crippen molar-refractivity contribution in [2.45, 2.75) is 49.9 Å². The lowest BCUT2D eigenvalue weighted by Crippen LogP contribution is -2.58. The molecule has 5 aromatic rings. The van der Waals surface area contributed by atoms with Gasteiger partial charge in [0.25, 0.3) is 0 Å². The van der Waals surface area contributed by atoms with Crippen molar-refractivity contribution in [1.29, 1.82) is 0 Å². The summed E-state index contributed by atoms with van der Waals surface area (Å²) in [6.07, 6.45) is 7.68. The van der Waals surface area contributed by atoms with Crippen LogP contribution in [-0.4, -0.2) is 83.0 Å². The van der Waals surface area contributed by atoms with Gasteiger partial charge in [0, 0.05) is 66.6 Å². The van der Waals surface area contributed by atoms with Crippen molar-refractivity contribution in [2.75, 3.05) is 0 Å². The Morgan fingerprint density at radius 1 is 0.723 bits per heavy atom. The van der Waals surface area contributed by atoms with Crippen LogP contribution in [0.4, 0.5) is 0 Å². The quantitative estimate of drug-likeness (QED) is 0.0769. The molecule has 2 aromatic carbocycles. The Balaban J connectivity index is 1.34. The predicted molar refractivity (Wildman–Crippen MR) is 170 cm³/mol. The zero-order valence-electron chi connectivity index (χ0n) is 25.1. The highest BCUT2D eigenvalue weighted by Crippen LogP contribution is 2.19. The fourth-order valence-electron chi connectivity index (χ4n) is 5.17. The SMILES string of the molecule is NC(Cc1cnc[nH]1)C(=O)NC(Cc1ccc(O)cc1)C(=O)NC(Cc1cnc[nH]1)C(=O)NC(Cc1c[nH]c2ccccc12)C(=O)O. The van der Waals surface area contributed by atoms with Crippen LogP contribution in [0, 0.1) is 0 Å². The van der Waals surface area contributed by atoms with Crippen LogP contribution in [0.3, 0.4) is 0 Å². The lowest BCUT2D eigenvalue weighted by atomic mass is 10.0. The summed E-state index contributed by atoms with van der Waals surface area (Å²) in [6.45, 7) is 0. The number of H-pyrrole nitrogens is 3. The first kappa shape index (κ1) is 32.4. The Bertz CT molecular complexity index is 1800. The lowest BCUT2D eigenvalue weighted by molar-refractivity contribution is -0.142. The fourth-order valence-corrected chi connectivity index (χ4v) is 5.17. The van der Waals surface area contributed by atoms with E-state index in [9.17, 15) is 29.4 Å². The highest BCUT2D eigenvalue weighted by atomic mass is 16.4. The predicted octanol–water partition coefficient (Wildman–Crippen LogP) is 0.457. The smallest absolute Gasteiger partial charge is 0.326 e. The maximum absolute atomic E-state index is 13.8. The number of carbonyl (C=O) groups excluding carboxylic acids is 3. The summed E-state index contributed by atoms with van der Waals surface area (Å²) in [5.41, 5.74) is 9.41. The van der Waals surface area contributed by atoms with Crippen LogP contribution in [0.5, 0.6) is 5.75 Å². The topological polar surface area (TPSA) is 244 Å². The zero-order valence-corrected chi connectivity index (χ0v) is 25.1. The summed E-state index contributed by atoms with van der Waals surface area (Å²) in [5.74, 6) is -3.29. The van der Waals surface area contributed by atoms with Gasteiger partial charge in [0.1, 0.15) is 23.9 Å². The molecule has 3 aromatic heterocycles. The second kappa shape index (κ2) is 14.9. The van der Waals surface area contributed by atoms with E-state index in [0.29, 0.717) is 22.5 Å². The minimum absolute atomic E-state index is 0.00530. The van der Waals surface area contributed by atoms with Gasteiger partial charge in [-0.3, -0.25) is 14.4 Å². The molecule has 244 valence electrons. The molecule has 10 N–H and O–H groups in total. The Morgan fingerprint density at radius 2 is 1.32 bits per heavy atom. The molecule has 0 fully saturated rings. The fraction of sp³-hybridized carbons (Fsp3) is 0.250. The maximum Gasteiger partial charge on any atom is 0.326 e. The van der Waals surface area contributed by atoms with Crippen molar-refractivity contribution in [3.63, 3.8) is 0 Å². The number of hydrogen-bond donors (Lipinski definition) is 9. The van der Waals surface area contributed by atoms with Gasteiger partial charge in [0.15, 0.2) is 0 Å². The normalized spacial score (nSPS) is 13.7. The third kappa shape index (κ3) is 8.61. The summed E-state index contributed by atoms with van der Waals surface area (Å²) >= 11 is 0. The van der Waals surface area contributed by atoms with E-state index in [-0.39, 0.29) is 31.4 Å². The molecular weight excluding hydrogens is 606 g/mol. The molecule has 3 amide bonds. The van der Waals surface area contributed by atoms with Crippen molar-refractivity contribution >= 4 is 34.6 Å². The second-order valence-corrected chi connectivity index (χ2v) is 11.1. The molecule has 0 bridgehead atoms. The Morgan fingerprint density at radius 3 is 1.96 bits per heavy atom. The number of aliphatic carboxylic acids is 1. The Kier molecular flexibility index (Phi) is 10.3. The monoisotopic (exact) mass is 641 g/mol. The van der Waals surface area contributed by atoms with E-state index in [1.54, 1.807) is 18.3 Å². The number of imidazole rings is 2. The van der Waals surface area contributed by atoms with E-state index in [1.807, 2.05) is 24.3 Å². The van der Waals surface area contributed by atoms with Gasteiger partial charge in [0.05, 0.1) is 18.7 Å². The van der Waals surface area contributed by atoms with Crippen LogP contribution in [0.1, 0.15) is 22.5 Å². The first-order chi connectivity index (χ1) is 22.7. The van der Waals surface area contributed by atoms with Crippen LogP contribution in [0.15, 0.2) is 79.8 Å². The van der Waals surface area contributed by atoms with Gasteiger partial charge in [-0.25, -0.2) is 14.8 Å². The van der Waals surface area contributed by atoms with Gasteiger partial charge in [-0.1, -0.05) is 30.3 Å². The molecule has 15 nitrogen and oxygen atoms in total. The molecule has 0 saturated heterocycles. The largest absolute Gasteiger partial charge is 0.508 e. The van der Waals surface area contributed by atoms with Crippen molar-refractivity contribution in [3.8, 4) is 5.75 Å². The minimum Gasteiger partial charge on any atom is -0.508 e. The van der Waals surface area contributed by atoms with Gasteiger partial charge in [-0.2, -0.15) is 0 Å². The molecule has 0 spiro atoms. The number of nitrogens with two attached hydrogens (primary N) is 1. The number of phenols is 1. The molecule has 47 heavy (non-hydrogen) atoms. The molecule has 0 aliphatic carbocycles. The minimum atomic E-state index is -1.31. The average molecular weight is 642 g/mol. The molecule has 15 heteroatoms. The number of nitrogens with one attached hydrogen (secondary N) is 6. The van der Waals surface area contributed by atoms with Gasteiger partial charge in [-0.05, 0) is 29.3 Å². The standard InChI is InChI=1S/C32H35N9O6/c33-24(11-20-14-34-16-37-20)29(43)39-26(9-18-5-7-22(42)8-6-18)30(44)40-27(12-21-15-35-17-38-21)31(45)41-28(32(46)47)10-19-13-36-25-4-2-1-3-23(19)25/h1-8,13-17,24,26-28,36,42H,9-12,33H2,(H,34,37)(H,35,38)(H,39,43)(H,40,44)(H,41,45)(H,46,47). The van der Waals surface area contributed by atoms with E-state index >= 15 is 0 Å². The number of carbonyl (C=O) groups is 4. The van der Waals surface area contributed by atoms with Gasteiger partial charge < -0.3 is 46.8 Å². The first-order valence-electron chi connectivity index (χ1n) is 14.8. The number of fused-ring (bicyclic) bond motifs is 1. The number of hydrogen-bond acceptors (Lipinski definition) is 8. The second-order valence-electron chi connectivity index (χ2n) is 11.1. The third-order valence-corrected chi connectivity index (χ3v) is 7.67. The lowest BCUT2D eigenvalue weighted by Gasteiger charge is -2.25. The molecule has 3 heterocycles. The summed E-state index contributed by atoms with van der Waals surface area (Å²) in [7, 11) is 0. The Hall–Kier alpha value is -5.96. The van der Waals surface area contributed by atoms with E-state index in [1.165, 1.54) is 37.2 Å².